The van der Waals surface area contributed by atoms with Crippen molar-refractivity contribution in [1.82, 2.24) is 19.7 Å². The molecule has 32 heavy (non-hydrogen) atoms. The molecular weight excluding hydrogens is 414 g/mol. The van der Waals surface area contributed by atoms with Crippen LogP contribution in [0.15, 0.2) is 59.3 Å². The molecular formula is C24H18F2N4O2. The molecule has 0 saturated heterocycles. The van der Waals surface area contributed by atoms with Crippen molar-refractivity contribution < 1.29 is 18.3 Å². The van der Waals surface area contributed by atoms with Crippen LogP contribution in [0, 0.1) is 18.6 Å². The van der Waals surface area contributed by atoms with E-state index in [0.29, 0.717) is 28.1 Å². The van der Waals surface area contributed by atoms with Gasteiger partial charge in [0.05, 0.1) is 6.61 Å². The van der Waals surface area contributed by atoms with Crippen LogP contribution in [-0.2, 0) is 13.7 Å². The van der Waals surface area contributed by atoms with Crippen LogP contribution in [0.1, 0.15) is 11.1 Å². The fraction of sp³-hybridized carbons (Fsp3) is 0.125. The van der Waals surface area contributed by atoms with Crippen molar-refractivity contribution in [3.05, 3.63) is 77.6 Å². The molecule has 1 N–H and O–H groups in total. The van der Waals surface area contributed by atoms with E-state index < -0.39 is 12.4 Å². The maximum atomic E-state index is 14.7. The Kier molecular flexibility index (Phi) is 4.79. The van der Waals surface area contributed by atoms with E-state index in [0.717, 1.165) is 11.1 Å². The highest BCUT2D eigenvalue weighted by molar-refractivity contribution is 5.84. The maximum absolute atomic E-state index is 14.7. The van der Waals surface area contributed by atoms with E-state index in [9.17, 15) is 13.9 Å². The number of aryl methyl sites for hydroxylation is 2. The number of aliphatic hydroxyl groups is 1. The number of aromatic nitrogens is 4. The predicted molar refractivity (Wildman–Crippen MR) is 115 cm³/mol. The van der Waals surface area contributed by atoms with Crippen LogP contribution in [0.5, 0.6) is 0 Å². The van der Waals surface area contributed by atoms with E-state index in [-0.39, 0.29) is 22.8 Å². The Bertz CT molecular complexity index is 1470. The van der Waals surface area contributed by atoms with E-state index >= 15 is 0 Å². The third-order valence-electron chi connectivity index (χ3n) is 5.39. The molecule has 0 aliphatic rings. The molecule has 0 unspecified atom stereocenters. The first-order valence-corrected chi connectivity index (χ1v) is 9.90. The predicted octanol–water partition coefficient (Wildman–Crippen LogP) is 5.04. The zero-order valence-electron chi connectivity index (χ0n) is 17.3. The number of aliphatic hydroxyl groups excluding tert-OH is 1. The normalized spacial score (nSPS) is 11.4. The molecule has 2 heterocycles. The lowest BCUT2D eigenvalue weighted by molar-refractivity contribution is 0.276. The Morgan fingerprint density at radius 2 is 1.84 bits per heavy atom. The van der Waals surface area contributed by atoms with Gasteiger partial charge in [0, 0.05) is 23.7 Å². The van der Waals surface area contributed by atoms with E-state index in [4.69, 9.17) is 4.42 Å². The molecule has 0 amide bonds. The number of hydrogen-bond acceptors (Lipinski definition) is 5. The molecule has 0 aliphatic heterocycles. The molecule has 0 aliphatic carbocycles. The van der Waals surface area contributed by atoms with Crippen molar-refractivity contribution in [2.75, 3.05) is 0 Å². The highest BCUT2D eigenvalue weighted by Gasteiger charge is 2.19. The minimum absolute atomic E-state index is 0.0796. The number of hydrogen-bond donors (Lipinski definition) is 1. The summed E-state index contributed by atoms with van der Waals surface area (Å²) in [5.41, 5.74) is 4.04. The highest BCUT2D eigenvalue weighted by atomic mass is 19.1. The van der Waals surface area contributed by atoms with Crippen molar-refractivity contribution in [3.8, 4) is 34.0 Å². The second kappa shape index (κ2) is 7.65. The van der Waals surface area contributed by atoms with Gasteiger partial charge in [0.1, 0.15) is 17.7 Å². The lowest BCUT2D eigenvalue weighted by Gasteiger charge is -2.10. The third kappa shape index (κ3) is 3.25. The average molecular weight is 432 g/mol. The first kappa shape index (κ1) is 20.0. The molecule has 5 aromatic rings. The van der Waals surface area contributed by atoms with Gasteiger partial charge in [-0.3, -0.25) is 0 Å². The SMILES string of the molecule is Cc1cc(CO)c(F)c2nc(-c3cccc(-c4ccc(F)cc4-c4nncn4C)c3)oc12. The number of benzene rings is 3. The van der Waals surface area contributed by atoms with Crippen molar-refractivity contribution in [2.45, 2.75) is 13.5 Å². The topological polar surface area (TPSA) is 77.0 Å². The summed E-state index contributed by atoms with van der Waals surface area (Å²) in [6.45, 7) is 1.35. The molecule has 160 valence electrons. The van der Waals surface area contributed by atoms with Gasteiger partial charge in [-0.1, -0.05) is 18.2 Å². The molecule has 5 rings (SSSR count). The zero-order chi connectivity index (χ0) is 22.4. The van der Waals surface area contributed by atoms with Gasteiger partial charge in [-0.25, -0.2) is 13.8 Å². The molecule has 2 aromatic heterocycles. The van der Waals surface area contributed by atoms with Crippen LogP contribution >= 0.6 is 0 Å². The maximum Gasteiger partial charge on any atom is 0.227 e. The van der Waals surface area contributed by atoms with E-state index in [1.165, 1.54) is 12.1 Å². The first-order chi connectivity index (χ1) is 15.5. The molecule has 6 nitrogen and oxygen atoms in total. The Labute approximate surface area is 181 Å². The van der Waals surface area contributed by atoms with Crippen LogP contribution in [0.25, 0.3) is 45.1 Å². The van der Waals surface area contributed by atoms with Gasteiger partial charge >= 0.3 is 0 Å². The quantitative estimate of drug-likeness (QED) is 0.431. The van der Waals surface area contributed by atoms with E-state index in [1.54, 1.807) is 43.1 Å². The second-order valence-corrected chi connectivity index (χ2v) is 7.56. The van der Waals surface area contributed by atoms with Crippen molar-refractivity contribution in [1.29, 1.82) is 0 Å². The fourth-order valence-corrected chi connectivity index (χ4v) is 3.82. The summed E-state index contributed by atoms with van der Waals surface area (Å²) < 4.78 is 36.3. The number of oxazole rings is 1. The molecule has 8 heteroatoms. The van der Waals surface area contributed by atoms with Crippen molar-refractivity contribution in [2.24, 2.45) is 7.05 Å². The highest BCUT2D eigenvalue weighted by Crippen LogP contribution is 2.35. The third-order valence-corrected chi connectivity index (χ3v) is 5.39. The van der Waals surface area contributed by atoms with Gasteiger partial charge in [0.25, 0.3) is 0 Å². The number of rotatable bonds is 4. The molecule has 3 aromatic carbocycles. The average Bonchev–Trinajstić information content (AvgIpc) is 3.43. The summed E-state index contributed by atoms with van der Waals surface area (Å²) in [5, 5.41) is 17.4. The number of fused-ring (bicyclic) bond motifs is 1. The van der Waals surface area contributed by atoms with Gasteiger partial charge < -0.3 is 14.1 Å². The Balaban J connectivity index is 1.65. The standard InChI is InChI=1S/C24H18F2N4O2/c1-13-8-16(11-31)20(26)21-22(13)32-24(28-21)15-5-3-4-14(9-15)18-7-6-17(25)10-19(18)23-29-27-12-30(23)2/h3-10,12,31H,11H2,1-2H3. The molecule has 0 radical (unpaired) electrons. The van der Waals surface area contributed by atoms with Crippen LogP contribution in [0.2, 0.25) is 0 Å². The minimum Gasteiger partial charge on any atom is -0.436 e. The monoisotopic (exact) mass is 432 g/mol. The van der Waals surface area contributed by atoms with Crippen molar-refractivity contribution in [3.63, 3.8) is 0 Å². The largest absolute Gasteiger partial charge is 0.436 e. The first-order valence-electron chi connectivity index (χ1n) is 9.90. The van der Waals surface area contributed by atoms with Crippen LogP contribution in [-0.4, -0.2) is 24.9 Å². The van der Waals surface area contributed by atoms with E-state index in [1.807, 2.05) is 18.2 Å². The minimum atomic E-state index is -0.595. The summed E-state index contributed by atoms with van der Waals surface area (Å²) in [7, 11) is 1.79. The van der Waals surface area contributed by atoms with Gasteiger partial charge in [0.15, 0.2) is 17.2 Å². The lowest BCUT2D eigenvalue weighted by atomic mass is 9.97. The van der Waals surface area contributed by atoms with Gasteiger partial charge in [-0.05, 0) is 53.9 Å². The fourth-order valence-electron chi connectivity index (χ4n) is 3.82. The smallest absolute Gasteiger partial charge is 0.227 e. The molecule has 0 fully saturated rings. The lowest BCUT2D eigenvalue weighted by Crippen LogP contribution is -1.95. The molecule has 0 atom stereocenters. The van der Waals surface area contributed by atoms with Crippen molar-refractivity contribution >= 4 is 11.1 Å². The summed E-state index contributed by atoms with van der Waals surface area (Å²) in [5.74, 6) is -0.197. The molecule has 0 bridgehead atoms. The zero-order valence-corrected chi connectivity index (χ0v) is 17.3. The van der Waals surface area contributed by atoms with Gasteiger partial charge in [0.2, 0.25) is 5.89 Å². The van der Waals surface area contributed by atoms with Crippen LogP contribution in [0.3, 0.4) is 0 Å². The second-order valence-electron chi connectivity index (χ2n) is 7.56. The van der Waals surface area contributed by atoms with E-state index in [2.05, 4.69) is 15.2 Å². The van der Waals surface area contributed by atoms with Crippen LogP contribution < -0.4 is 0 Å². The molecule has 0 saturated carbocycles. The number of nitrogens with zero attached hydrogens (tertiary/aromatic N) is 4. The number of halogens is 2. The molecule has 0 spiro atoms. The van der Waals surface area contributed by atoms with Gasteiger partial charge in [-0.15, -0.1) is 10.2 Å². The summed E-state index contributed by atoms with van der Waals surface area (Å²) >= 11 is 0. The Morgan fingerprint density at radius 1 is 1.03 bits per heavy atom. The summed E-state index contributed by atoms with van der Waals surface area (Å²) in [6, 6.07) is 13.4. The van der Waals surface area contributed by atoms with Crippen LogP contribution in [0.4, 0.5) is 8.78 Å². The Hall–Kier alpha value is -3.91. The summed E-state index contributed by atoms with van der Waals surface area (Å²) in [6.07, 6.45) is 1.55. The summed E-state index contributed by atoms with van der Waals surface area (Å²) in [4.78, 5) is 4.35. The Morgan fingerprint density at radius 3 is 2.59 bits per heavy atom. The van der Waals surface area contributed by atoms with Gasteiger partial charge in [-0.2, -0.15) is 0 Å².